The SMILES string of the molecule is COC(=O)c1ccc(-c2ccc(/C=C(/C#N)C(=O)Nc3cccc(C(F)(F)F)c3)o2)cc1. The molecule has 0 aliphatic heterocycles. The van der Waals surface area contributed by atoms with Gasteiger partial charge in [-0.15, -0.1) is 0 Å². The van der Waals surface area contributed by atoms with Crippen LogP contribution in [0, 0.1) is 11.3 Å². The molecular weight excluding hydrogens is 425 g/mol. The first kappa shape index (κ1) is 22.4. The van der Waals surface area contributed by atoms with Gasteiger partial charge in [-0.3, -0.25) is 4.79 Å². The highest BCUT2D eigenvalue weighted by atomic mass is 19.4. The number of furan rings is 1. The average molecular weight is 440 g/mol. The van der Waals surface area contributed by atoms with Gasteiger partial charge in [-0.1, -0.05) is 18.2 Å². The first-order valence-electron chi connectivity index (χ1n) is 9.10. The quantitative estimate of drug-likeness (QED) is 0.330. The molecule has 6 nitrogen and oxygen atoms in total. The topological polar surface area (TPSA) is 92.3 Å². The third kappa shape index (κ3) is 5.23. The number of alkyl halides is 3. The summed E-state index contributed by atoms with van der Waals surface area (Å²) in [5.41, 5.74) is -0.377. The van der Waals surface area contributed by atoms with Gasteiger partial charge >= 0.3 is 12.1 Å². The molecule has 1 N–H and O–H groups in total. The molecule has 2 aromatic carbocycles. The summed E-state index contributed by atoms with van der Waals surface area (Å²) in [5.74, 6) is -0.756. The van der Waals surface area contributed by atoms with Gasteiger partial charge < -0.3 is 14.5 Å². The van der Waals surface area contributed by atoms with Gasteiger partial charge in [0.2, 0.25) is 0 Å². The van der Waals surface area contributed by atoms with Gasteiger partial charge in [-0.25, -0.2) is 4.79 Å². The van der Waals surface area contributed by atoms with Crippen LogP contribution in [0.2, 0.25) is 0 Å². The summed E-state index contributed by atoms with van der Waals surface area (Å²) in [5, 5.41) is 11.6. The van der Waals surface area contributed by atoms with E-state index in [9.17, 15) is 28.0 Å². The summed E-state index contributed by atoms with van der Waals surface area (Å²) in [4.78, 5) is 23.9. The predicted molar refractivity (Wildman–Crippen MR) is 109 cm³/mol. The molecule has 0 radical (unpaired) electrons. The molecule has 0 aliphatic carbocycles. The second-order valence-electron chi connectivity index (χ2n) is 6.47. The van der Waals surface area contributed by atoms with Crippen molar-refractivity contribution in [1.82, 2.24) is 0 Å². The number of esters is 1. The number of nitrogens with one attached hydrogen (secondary N) is 1. The highest BCUT2D eigenvalue weighted by molar-refractivity contribution is 6.09. The normalized spacial score (nSPS) is 11.5. The molecule has 1 aromatic heterocycles. The maximum atomic E-state index is 12.8. The number of anilines is 1. The number of benzene rings is 2. The number of rotatable bonds is 5. The fourth-order valence-corrected chi connectivity index (χ4v) is 2.74. The van der Waals surface area contributed by atoms with Gasteiger partial charge in [-0.05, 0) is 42.5 Å². The molecule has 1 heterocycles. The molecule has 162 valence electrons. The Labute approximate surface area is 180 Å². The van der Waals surface area contributed by atoms with Crippen molar-refractivity contribution in [3.05, 3.63) is 83.1 Å². The van der Waals surface area contributed by atoms with E-state index >= 15 is 0 Å². The van der Waals surface area contributed by atoms with Gasteiger partial charge in [0.25, 0.3) is 5.91 Å². The summed E-state index contributed by atoms with van der Waals surface area (Å²) >= 11 is 0. The first-order valence-corrected chi connectivity index (χ1v) is 9.10. The van der Waals surface area contributed by atoms with E-state index in [0.29, 0.717) is 16.9 Å². The van der Waals surface area contributed by atoms with Crippen LogP contribution < -0.4 is 5.32 Å². The molecule has 0 atom stereocenters. The zero-order valence-corrected chi connectivity index (χ0v) is 16.6. The largest absolute Gasteiger partial charge is 0.465 e. The molecule has 32 heavy (non-hydrogen) atoms. The lowest BCUT2D eigenvalue weighted by atomic mass is 10.1. The van der Waals surface area contributed by atoms with Crippen LogP contribution >= 0.6 is 0 Å². The number of methoxy groups -OCH3 is 1. The third-order valence-corrected chi connectivity index (χ3v) is 4.32. The molecule has 0 aliphatic rings. The van der Waals surface area contributed by atoms with Crippen molar-refractivity contribution in [2.24, 2.45) is 0 Å². The van der Waals surface area contributed by atoms with Crippen molar-refractivity contribution < 1.29 is 31.9 Å². The summed E-state index contributed by atoms with van der Waals surface area (Å²) in [6.45, 7) is 0. The fourth-order valence-electron chi connectivity index (χ4n) is 2.74. The van der Waals surface area contributed by atoms with Gasteiger partial charge in [-0.2, -0.15) is 18.4 Å². The highest BCUT2D eigenvalue weighted by Gasteiger charge is 2.30. The van der Waals surface area contributed by atoms with E-state index in [0.717, 1.165) is 18.2 Å². The minimum absolute atomic E-state index is 0.100. The van der Waals surface area contributed by atoms with Crippen LogP contribution in [-0.2, 0) is 15.7 Å². The standard InChI is InChI=1S/C23H15F3N2O4/c1-31-22(30)15-7-5-14(6-8-15)20-10-9-19(32-20)11-16(13-27)21(29)28-18-4-2-3-17(12-18)23(24,25)26/h2-12H,1H3,(H,28,29)/b16-11-. The zero-order chi connectivity index (χ0) is 23.3. The van der Waals surface area contributed by atoms with Crippen molar-refractivity contribution in [1.29, 1.82) is 5.26 Å². The van der Waals surface area contributed by atoms with Gasteiger partial charge in [0.15, 0.2) is 0 Å². The Bertz CT molecular complexity index is 1220. The molecule has 0 unspecified atom stereocenters. The predicted octanol–water partition coefficient (Wildman–Crippen LogP) is 5.30. The molecule has 3 rings (SSSR count). The van der Waals surface area contributed by atoms with E-state index in [2.05, 4.69) is 10.1 Å². The number of halogens is 3. The van der Waals surface area contributed by atoms with Crippen LogP contribution in [0.25, 0.3) is 17.4 Å². The van der Waals surface area contributed by atoms with Crippen molar-refractivity contribution >= 4 is 23.6 Å². The van der Waals surface area contributed by atoms with Crippen LogP contribution in [0.3, 0.4) is 0 Å². The number of carbonyl (C=O) groups is 2. The van der Waals surface area contributed by atoms with Gasteiger partial charge in [0.05, 0.1) is 18.2 Å². The number of nitriles is 1. The lowest BCUT2D eigenvalue weighted by Gasteiger charge is -2.09. The fraction of sp³-hybridized carbons (Fsp3) is 0.0870. The summed E-state index contributed by atoms with van der Waals surface area (Å²) in [6.07, 6.45) is -3.39. The summed E-state index contributed by atoms with van der Waals surface area (Å²) < 4.78 is 48.7. The second-order valence-corrected chi connectivity index (χ2v) is 6.47. The molecule has 1 amide bonds. The van der Waals surface area contributed by atoms with Crippen molar-refractivity contribution in [3.8, 4) is 17.4 Å². The second kappa shape index (κ2) is 9.22. The number of hydrogen-bond donors (Lipinski definition) is 1. The third-order valence-electron chi connectivity index (χ3n) is 4.32. The maximum Gasteiger partial charge on any atom is 0.416 e. The van der Waals surface area contributed by atoms with Crippen LogP contribution in [0.5, 0.6) is 0 Å². The van der Waals surface area contributed by atoms with E-state index in [4.69, 9.17) is 4.42 Å². The van der Waals surface area contributed by atoms with E-state index in [1.54, 1.807) is 36.4 Å². The van der Waals surface area contributed by atoms with Gasteiger partial charge in [0, 0.05) is 17.3 Å². The summed E-state index contributed by atoms with van der Waals surface area (Å²) in [7, 11) is 1.28. The average Bonchev–Trinajstić information content (AvgIpc) is 3.25. The molecule has 0 saturated carbocycles. The summed E-state index contributed by atoms with van der Waals surface area (Å²) in [6, 6.07) is 15.3. The van der Waals surface area contributed by atoms with Crippen LogP contribution in [0.15, 0.2) is 70.7 Å². The molecule has 0 spiro atoms. The van der Waals surface area contributed by atoms with Crippen LogP contribution in [-0.4, -0.2) is 19.0 Å². The minimum Gasteiger partial charge on any atom is -0.465 e. The Morgan fingerprint density at radius 1 is 1.09 bits per heavy atom. The molecular formula is C23H15F3N2O4. The number of hydrogen-bond acceptors (Lipinski definition) is 5. The first-order chi connectivity index (χ1) is 15.2. The molecule has 0 saturated heterocycles. The monoisotopic (exact) mass is 440 g/mol. The number of amides is 1. The van der Waals surface area contributed by atoms with Crippen LogP contribution in [0.1, 0.15) is 21.7 Å². The number of ether oxygens (including phenoxy) is 1. The lowest BCUT2D eigenvalue weighted by Crippen LogP contribution is -2.14. The Balaban J connectivity index is 1.77. The Morgan fingerprint density at radius 3 is 2.44 bits per heavy atom. The van der Waals surface area contributed by atoms with E-state index < -0.39 is 23.6 Å². The van der Waals surface area contributed by atoms with Crippen LogP contribution in [0.4, 0.5) is 18.9 Å². The van der Waals surface area contributed by atoms with Crippen molar-refractivity contribution in [3.63, 3.8) is 0 Å². The van der Waals surface area contributed by atoms with Crippen molar-refractivity contribution in [2.45, 2.75) is 6.18 Å². The van der Waals surface area contributed by atoms with Crippen molar-refractivity contribution in [2.75, 3.05) is 12.4 Å². The zero-order valence-electron chi connectivity index (χ0n) is 16.6. The van der Waals surface area contributed by atoms with E-state index in [-0.39, 0.29) is 17.0 Å². The Hall–Kier alpha value is -4.32. The smallest absolute Gasteiger partial charge is 0.416 e. The molecule has 0 fully saturated rings. The lowest BCUT2D eigenvalue weighted by molar-refractivity contribution is -0.137. The molecule has 0 bridgehead atoms. The number of nitrogens with zero attached hydrogens (tertiary/aromatic N) is 1. The molecule has 3 aromatic rings. The van der Waals surface area contributed by atoms with E-state index in [1.165, 1.54) is 25.3 Å². The highest BCUT2D eigenvalue weighted by Crippen LogP contribution is 2.31. The molecule has 9 heteroatoms. The minimum atomic E-state index is -4.56. The maximum absolute atomic E-state index is 12.8. The number of carbonyl (C=O) groups excluding carboxylic acids is 2. The van der Waals surface area contributed by atoms with Gasteiger partial charge in [0.1, 0.15) is 23.2 Å². The Kier molecular flexibility index (Phi) is 6.45. The Morgan fingerprint density at radius 2 is 1.81 bits per heavy atom. The van der Waals surface area contributed by atoms with E-state index in [1.807, 2.05) is 0 Å².